The molecule has 0 aromatic carbocycles. The van der Waals surface area contributed by atoms with Gasteiger partial charge in [-0.3, -0.25) is 0 Å². The Balaban J connectivity index is 1.65. The molecular weight excluding hydrogens is 206 g/mol. The number of nitrogens with one attached hydrogen (secondary N) is 1. The lowest BCUT2D eigenvalue weighted by Crippen LogP contribution is -2.50. The summed E-state index contributed by atoms with van der Waals surface area (Å²) in [6.07, 6.45) is 13.0. The average Bonchev–Trinajstić information content (AvgIpc) is 2.60. The van der Waals surface area contributed by atoms with E-state index in [1.54, 1.807) is 0 Å². The van der Waals surface area contributed by atoms with Crippen LogP contribution < -0.4 is 5.32 Å². The van der Waals surface area contributed by atoms with E-state index in [9.17, 15) is 0 Å². The Bertz CT molecular complexity index is 267. The molecule has 0 aliphatic heterocycles. The molecule has 0 aromatic heterocycles. The molecule has 1 N–H and O–H groups in total. The smallest absolute Gasteiger partial charge is 0.0136 e. The van der Waals surface area contributed by atoms with E-state index >= 15 is 0 Å². The first-order valence-corrected chi connectivity index (χ1v) is 7.52. The summed E-state index contributed by atoms with van der Waals surface area (Å²) in [7, 11) is 0. The number of hydrogen-bond donors (Lipinski definition) is 1. The lowest BCUT2D eigenvalue weighted by Gasteiger charge is -2.42. The molecule has 3 atom stereocenters. The van der Waals surface area contributed by atoms with E-state index in [-0.39, 0.29) is 0 Å². The molecule has 0 aromatic rings. The SMILES string of the molecule is CCCCCC(C)(C)CNC1CC2CC=CC21. The molecule has 17 heavy (non-hydrogen) atoms. The second kappa shape index (κ2) is 5.56. The highest BCUT2D eigenvalue weighted by Gasteiger charge is 2.41. The molecule has 98 valence electrons. The van der Waals surface area contributed by atoms with Gasteiger partial charge in [-0.25, -0.2) is 0 Å². The van der Waals surface area contributed by atoms with Gasteiger partial charge in [0.1, 0.15) is 0 Å². The standard InChI is InChI=1S/C16H29N/c1-4-5-6-10-16(2,3)12-17-15-11-13-8-7-9-14(13)15/h7,9,13-15,17H,4-6,8,10-12H2,1-3H3. The summed E-state index contributed by atoms with van der Waals surface area (Å²) >= 11 is 0. The van der Waals surface area contributed by atoms with Crippen molar-refractivity contribution in [2.75, 3.05) is 6.54 Å². The van der Waals surface area contributed by atoms with Crippen LogP contribution in [0.1, 0.15) is 59.3 Å². The molecule has 0 saturated heterocycles. The van der Waals surface area contributed by atoms with Crippen LogP contribution in [0.25, 0.3) is 0 Å². The molecule has 0 radical (unpaired) electrons. The van der Waals surface area contributed by atoms with Crippen molar-refractivity contribution in [3.63, 3.8) is 0 Å². The highest BCUT2D eigenvalue weighted by molar-refractivity contribution is 5.12. The third-order valence-corrected chi connectivity index (χ3v) is 4.66. The minimum atomic E-state index is 0.475. The Labute approximate surface area is 107 Å². The summed E-state index contributed by atoms with van der Waals surface area (Å²) in [6.45, 7) is 8.30. The van der Waals surface area contributed by atoms with E-state index in [1.165, 1.54) is 45.1 Å². The Morgan fingerprint density at radius 1 is 1.29 bits per heavy atom. The van der Waals surface area contributed by atoms with E-state index in [0.717, 1.165) is 17.9 Å². The van der Waals surface area contributed by atoms with Crippen LogP contribution in [-0.2, 0) is 0 Å². The molecule has 0 bridgehead atoms. The zero-order chi connectivity index (χ0) is 12.3. The van der Waals surface area contributed by atoms with Crippen LogP contribution in [0.4, 0.5) is 0 Å². The first-order chi connectivity index (χ1) is 8.12. The average molecular weight is 235 g/mol. The first kappa shape index (κ1) is 13.1. The van der Waals surface area contributed by atoms with Gasteiger partial charge < -0.3 is 5.32 Å². The quantitative estimate of drug-likeness (QED) is 0.516. The van der Waals surface area contributed by atoms with Crippen molar-refractivity contribution in [3.8, 4) is 0 Å². The monoisotopic (exact) mass is 235 g/mol. The van der Waals surface area contributed by atoms with Crippen LogP contribution in [-0.4, -0.2) is 12.6 Å². The summed E-state index contributed by atoms with van der Waals surface area (Å²) < 4.78 is 0. The Kier molecular flexibility index (Phi) is 4.30. The number of fused-ring (bicyclic) bond motifs is 1. The molecule has 0 spiro atoms. The number of hydrogen-bond acceptors (Lipinski definition) is 1. The zero-order valence-corrected chi connectivity index (χ0v) is 11.8. The van der Waals surface area contributed by atoms with Crippen molar-refractivity contribution in [1.82, 2.24) is 5.32 Å². The van der Waals surface area contributed by atoms with Gasteiger partial charge in [-0.2, -0.15) is 0 Å². The molecule has 1 fully saturated rings. The third-order valence-electron chi connectivity index (χ3n) is 4.66. The van der Waals surface area contributed by atoms with Crippen LogP contribution in [0.2, 0.25) is 0 Å². The molecular formula is C16H29N. The third kappa shape index (κ3) is 3.34. The number of rotatable bonds is 7. The van der Waals surface area contributed by atoms with Crippen LogP contribution >= 0.6 is 0 Å². The van der Waals surface area contributed by atoms with E-state index in [1.807, 2.05) is 0 Å². The summed E-state index contributed by atoms with van der Waals surface area (Å²) in [6, 6.07) is 0.782. The van der Waals surface area contributed by atoms with Gasteiger partial charge in [0.2, 0.25) is 0 Å². The number of allylic oxidation sites excluding steroid dienone is 1. The van der Waals surface area contributed by atoms with Crippen LogP contribution in [0.5, 0.6) is 0 Å². The van der Waals surface area contributed by atoms with Crippen molar-refractivity contribution in [2.45, 2.75) is 65.3 Å². The van der Waals surface area contributed by atoms with Crippen LogP contribution in [0, 0.1) is 17.3 Å². The van der Waals surface area contributed by atoms with Gasteiger partial charge in [-0.15, -0.1) is 0 Å². The normalized spacial score (nSPS) is 31.4. The molecule has 1 heteroatoms. The lowest BCUT2D eigenvalue weighted by molar-refractivity contribution is 0.144. The minimum absolute atomic E-state index is 0.475. The van der Waals surface area contributed by atoms with Crippen LogP contribution in [0.3, 0.4) is 0 Å². The van der Waals surface area contributed by atoms with E-state index in [0.29, 0.717) is 5.41 Å². The Morgan fingerprint density at radius 2 is 2.12 bits per heavy atom. The molecule has 1 nitrogen and oxygen atoms in total. The zero-order valence-electron chi connectivity index (χ0n) is 11.8. The van der Waals surface area contributed by atoms with Crippen molar-refractivity contribution in [2.24, 2.45) is 17.3 Å². The van der Waals surface area contributed by atoms with Gasteiger partial charge in [0.25, 0.3) is 0 Å². The Morgan fingerprint density at radius 3 is 2.82 bits per heavy atom. The summed E-state index contributed by atoms with van der Waals surface area (Å²) in [5, 5.41) is 3.81. The molecule has 0 heterocycles. The van der Waals surface area contributed by atoms with Crippen molar-refractivity contribution in [1.29, 1.82) is 0 Å². The summed E-state index contributed by atoms with van der Waals surface area (Å²) in [4.78, 5) is 0. The van der Waals surface area contributed by atoms with Crippen molar-refractivity contribution < 1.29 is 0 Å². The predicted molar refractivity (Wildman–Crippen MR) is 75.1 cm³/mol. The summed E-state index contributed by atoms with van der Waals surface area (Å²) in [5.74, 6) is 1.84. The second-order valence-corrected chi connectivity index (χ2v) is 6.85. The van der Waals surface area contributed by atoms with E-state index < -0.39 is 0 Å². The van der Waals surface area contributed by atoms with Gasteiger partial charge in [0.15, 0.2) is 0 Å². The fourth-order valence-corrected chi connectivity index (χ4v) is 3.30. The fraction of sp³-hybridized carbons (Fsp3) is 0.875. The molecule has 2 aliphatic rings. The highest BCUT2D eigenvalue weighted by atomic mass is 15.0. The number of unbranched alkanes of at least 4 members (excludes halogenated alkanes) is 2. The van der Waals surface area contributed by atoms with Gasteiger partial charge in [0, 0.05) is 12.6 Å². The van der Waals surface area contributed by atoms with Gasteiger partial charge >= 0.3 is 0 Å². The van der Waals surface area contributed by atoms with Gasteiger partial charge in [0.05, 0.1) is 0 Å². The molecule has 2 rings (SSSR count). The maximum absolute atomic E-state index is 3.81. The van der Waals surface area contributed by atoms with Crippen LogP contribution in [0.15, 0.2) is 12.2 Å². The van der Waals surface area contributed by atoms with E-state index in [4.69, 9.17) is 0 Å². The molecule has 0 amide bonds. The highest BCUT2D eigenvalue weighted by Crippen LogP contribution is 2.42. The fourth-order valence-electron chi connectivity index (χ4n) is 3.30. The van der Waals surface area contributed by atoms with Gasteiger partial charge in [-0.1, -0.05) is 52.2 Å². The maximum Gasteiger partial charge on any atom is 0.0136 e. The summed E-state index contributed by atoms with van der Waals surface area (Å²) in [5.41, 5.74) is 0.475. The molecule has 3 unspecified atom stereocenters. The largest absolute Gasteiger partial charge is 0.313 e. The maximum atomic E-state index is 3.81. The van der Waals surface area contributed by atoms with Crippen molar-refractivity contribution >= 4 is 0 Å². The minimum Gasteiger partial charge on any atom is -0.313 e. The van der Waals surface area contributed by atoms with Crippen molar-refractivity contribution in [3.05, 3.63) is 12.2 Å². The molecule has 1 saturated carbocycles. The first-order valence-electron chi connectivity index (χ1n) is 7.52. The molecule has 2 aliphatic carbocycles. The van der Waals surface area contributed by atoms with Gasteiger partial charge in [-0.05, 0) is 36.5 Å². The lowest BCUT2D eigenvalue weighted by atomic mass is 9.71. The predicted octanol–water partition coefficient (Wildman–Crippen LogP) is 4.15. The Hall–Kier alpha value is -0.300. The second-order valence-electron chi connectivity index (χ2n) is 6.85. The van der Waals surface area contributed by atoms with E-state index in [2.05, 4.69) is 38.2 Å². The topological polar surface area (TPSA) is 12.0 Å².